The fraction of sp³-hybridized carbons (Fsp3) is 1.00. The number of nitrogens with zero attached hydrogens (tertiary/aromatic N) is 1. The van der Waals surface area contributed by atoms with Crippen LogP contribution in [0.1, 0.15) is 33.1 Å². The Hall–Kier alpha value is -0.0400. The summed E-state index contributed by atoms with van der Waals surface area (Å²) in [7, 11) is 2.23. The summed E-state index contributed by atoms with van der Waals surface area (Å²) in [6.07, 6.45) is 4.30. The maximum Gasteiger partial charge on any atom is 0.000709 e. The normalized spacial score (nSPS) is 26.7. The van der Waals surface area contributed by atoms with Crippen LogP contribution in [0, 0.1) is 11.8 Å². The fourth-order valence-electron chi connectivity index (χ4n) is 1.83. The van der Waals surface area contributed by atoms with Gasteiger partial charge in [-0.25, -0.2) is 0 Å². The molecule has 11 heavy (non-hydrogen) atoms. The van der Waals surface area contributed by atoms with Crippen LogP contribution >= 0.6 is 0 Å². The lowest BCUT2D eigenvalue weighted by Crippen LogP contribution is -2.14. The minimum atomic E-state index is 0.890. The van der Waals surface area contributed by atoms with Crippen molar-refractivity contribution in [1.82, 2.24) is 4.90 Å². The molecule has 0 aromatic rings. The predicted octanol–water partition coefficient (Wildman–Crippen LogP) is 2.37. The van der Waals surface area contributed by atoms with Gasteiger partial charge in [0.2, 0.25) is 0 Å². The Morgan fingerprint density at radius 3 is 2.64 bits per heavy atom. The van der Waals surface area contributed by atoms with Crippen LogP contribution in [0.25, 0.3) is 0 Å². The molecule has 66 valence electrons. The van der Waals surface area contributed by atoms with Gasteiger partial charge in [-0.1, -0.05) is 20.3 Å². The van der Waals surface area contributed by atoms with E-state index in [1.165, 1.54) is 32.4 Å². The van der Waals surface area contributed by atoms with Crippen molar-refractivity contribution in [3.63, 3.8) is 0 Å². The third kappa shape index (κ3) is 3.24. The molecule has 0 radical (unpaired) electrons. The van der Waals surface area contributed by atoms with Gasteiger partial charge < -0.3 is 4.90 Å². The van der Waals surface area contributed by atoms with Crippen LogP contribution in [0.2, 0.25) is 0 Å². The lowest BCUT2D eigenvalue weighted by molar-refractivity contribution is 0.374. The molecule has 1 nitrogen and oxygen atoms in total. The molecular weight excluding hydrogens is 134 g/mol. The monoisotopic (exact) mass is 155 g/mol. The molecule has 0 aliphatic carbocycles. The second-order valence-electron chi connectivity index (χ2n) is 4.39. The molecule has 1 saturated heterocycles. The Morgan fingerprint density at radius 1 is 1.45 bits per heavy atom. The maximum atomic E-state index is 2.45. The van der Waals surface area contributed by atoms with Gasteiger partial charge in [0.15, 0.2) is 0 Å². The standard InChI is InChI=1S/C10H21N/c1-9(2)4-5-10-6-7-11(3)8-10/h9-10H,4-8H2,1-3H3. The molecule has 1 aliphatic rings. The van der Waals surface area contributed by atoms with Crippen LogP contribution in [0.4, 0.5) is 0 Å². The minimum Gasteiger partial charge on any atom is -0.306 e. The van der Waals surface area contributed by atoms with E-state index in [1.54, 1.807) is 0 Å². The Bertz CT molecular complexity index is 109. The van der Waals surface area contributed by atoms with E-state index >= 15 is 0 Å². The van der Waals surface area contributed by atoms with Gasteiger partial charge >= 0.3 is 0 Å². The molecule has 1 atom stereocenters. The Morgan fingerprint density at radius 2 is 2.18 bits per heavy atom. The SMILES string of the molecule is CC(C)CCC1CCN(C)C1. The number of rotatable bonds is 3. The van der Waals surface area contributed by atoms with E-state index in [9.17, 15) is 0 Å². The summed E-state index contributed by atoms with van der Waals surface area (Å²) in [6.45, 7) is 7.30. The Labute approximate surface area is 70.8 Å². The van der Waals surface area contributed by atoms with Crippen LogP contribution in [-0.4, -0.2) is 25.0 Å². The summed E-state index contributed by atoms with van der Waals surface area (Å²) >= 11 is 0. The van der Waals surface area contributed by atoms with Crippen molar-refractivity contribution in [2.75, 3.05) is 20.1 Å². The molecule has 0 N–H and O–H groups in total. The molecule has 0 aromatic heterocycles. The average Bonchev–Trinajstić information content (AvgIpc) is 2.31. The quantitative estimate of drug-likeness (QED) is 0.605. The molecule has 1 aliphatic heterocycles. The summed E-state index contributed by atoms with van der Waals surface area (Å²) < 4.78 is 0. The van der Waals surface area contributed by atoms with E-state index < -0.39 is 0 Å². The van der Waals surface area contributed by atoms with Gasteiger partial charge in [0.1, 0.15) is 0 Å². The lowest BCUT2D eigenvalue weighted by Gasteiger charge is -2.11. The fourth-order valence-corrected chi connectivity index (χ4v) is 1.83. The van der Waals surface area contributed by atoms with Gasteiger partial charge in [0.25, 0.3) is 0 Å². The van der Waals surface area contributed by atoms with Gasteiger partial charge in [-0.05, 0) is 38.3 Å². The van der Waals surface area contributed by atoms with Gasteiger partial charge in [0, 0.05) is 6.54 Å². The van der Waals surface area contributed by atoms with Crippen LogP contribution in [0.3, 0.4) is 0 Å². The van der Waals surface area contributed by atoms with Crippen LogP contribution in [0.5, 0.6) is 0 Å². The predicted molar refractivity (Wildman–Crippen MR) is 49.7 cm³/mol. The van der Waals surface area contributed by atoms with Crippen molar-refractivity contribution < 1.29 is 0 Å². The third-order valence-corrected chi connectivity index (χ3v) is 2.64. The van der Waals surface area contributed by atoms with Crippen LogP contribution in [-0.2, 0) is 0 Å². The lowest BCUT2D eigenvalue weighted by atomic mass is 9.97. The molecule has 1 heterocycles. The summed E-state index contributed by atoms with van der Waals surface area (Å²) in [6, 6.07) is 0. The summed E-state index contributed by atoms with van der Waals surface area (Å²) in [4.78, 5) is 2.45. The molecule has 1 rings (SSSR count). The van der Waals surface area contributed by atoms with Crippen LogP contribution in [0.15, 0.2) is 0 Å². The molecular formula is C10H21N. The number of hydrogen-bond acceptors (Lipinski definition) is 1. The van der Waals surface area contributed by atoms with E-state index in [-0.39, 0.29) is 0 Å². The molecule has 1 heteroatoms. The van der Waals surface area contributed by atoms with E-state index in [1.807, 2.05) is 0 Å². The summed E-state index contributed by atoms with van der Waals surface area (Å²) in [5, 5.41) is 0. The highest BCUT2D eigenvalue weighted by Gasteiger charge is 2.18. The van der Waals surface area contributed by atoms with E-state index in [2.05, 4.69) is 25.8 Å². The summed E-state index contributed by atoms with van der Waals surface area (Å²) in [5.74, 6) is 1.89. The van der Waals surface area contributed by atoms with Crippen molar-refractivity contribution in [3.8, 4) is 0 Å². The van der Waals surface area contributed by atoms with Crippen molar-refractivity contribution in [2.24, 2.45) is 11.8 Å². The maximum absolute atomic E-state index is 2.45. The van der Waals surface area contributed by atoms with Gasteiger partial charge in [0.05, 0.1) is 0 Å². The molecule has 0 amide bonds. The third-order valence-electron chi connectivity index (χ3n) is 2.64. The topological polar surface area (TPSA) is 3.24 Å². The second kappa shape index (κ2) is 4.10. The smallest absolute Gasteiger partial charge is 0.000709 e. The van der Waals surface area contributed by atoms with Crippen LogP contribution < -0.4 is 0 Å². The number of hydrogen-bond donors (Lipinski definition) is 0. The zero-order valence-electron chi connectivity index (χ0n) is 8.14. The Kier molecular flexibility index (Phi) is 3.38. The minimum absolute atomic E-state index is 0.890. The van der Waals surface area contributed by atoms with Crippen molar-refractivity contribution >= 4 is 0 Å². The van der Waals surface area contributed by atoms with E-state index in [0.29, 0.717) is 0 Å². The molecule has 0 aromatic carbocycles. The molecule has 1 fully saturated rings. The van der Waals surface area contributed by atoms with Gasteiger partial charge in [-0.3, -0.25) is 0 Å². The van der Waals surface area contributed by atoms with Gasteiger partial charge in [-0.2, -0.15) is 0 Å². The highest BCUT2D eigenvalue weighted by atomic mass is 15.1. The summed E-state index contributed by atoms with van der Waals surface area (Å²) in [5.41, 5.74) is 0. The van der Waals surface area contributed by atoms with Gasteiger partial charge in [-0.15, -0.1) is 0 Å². The first-order valence-corrected chi connectivity index (χ1v) is 4.87. The van der Waals surface area contributed by atoms with Crippen molar-refractivity contribution in [1.29, 1.82) is 0 Å². The largest absolute Gasteiger partial charge is 0.306 e. The highest BCUT2D eigenvalue weighted by Crippen LogP contribution is 2.21. The molecule has 0 saturated carbocycles. The average molecular weight is 155 g/mol. The Balaban J connectivity index is 2.08. The van der Waals surface area contributed by atoms with E-state index in [4.69, 9.17) is 0 Å². The zero-order chi connectivity index (χ0) is 8.27. The first-order chi connectivity index (χ1) is 5.18. The zero-order valence-corrected chi connectivity index (χ0v) is 8.14. The highest BCUT2D eigenvalue weighted by molar-refractivity contribution is 4.72. The van der Waals surface area contributed by atoms with Crippen molar-refractivity contribution in [3.05, 3.63) is 0 Å². The molecule has 1 unspecified atom stereocenters. The van der Waals surface area contributed by atoms with Crippen molar-refractivity contribution in [2.45, 2.75) is 33.1 Å². The molecule has 0 spiro atoms. The molecule has 0 bridgehead atoms. The van der Waals surface area contributed by atoms with E-state index in [0.717, 1.165) is 11.8 Å². The second-order valence-corrected chi connectivity index (χ2v) is 4.39. The first-order valence-electron chi connectivity index (χ1n) is 4.87. The first kappa shape index (κ1) is 9.05. The number of likely N-dealkylation sites (tertiary alicyclic amines) is 1.